The van der Waals surface area contributed by atoms with E-state index in [1.165, 1.54) is 24.3 Å². The Hall–Kier alpha value is -1.11. The SMILES string of the molecule is CNCCCNC(=O)c1ccc(S(C)(=O)=O)cc1.Cl. The minimum atomic E-state index is -3.21. The van der Waals surface area contributed by atoms with Crippen molar-refractivity contribution in [2.75, 3.05) is 26.4 Å². The second kappa shape index (κ2) is 8.14. The molecule has 0 spiro atoms. The summed E-state index contributed by atoms with van der Waals surface area (Å²) in [5.41, 5.74) is 0.465. The summed E-state index contributed by atoms with van der Waals surface area (Å²) in [6.45, 7) is 1.43. The summed E-state index contributed by atoms with van der Waals surface area (Å²) in [5, 5.41) is 5.75. The van der Waals surface area contributed by atoms with Gasteiger partial charge in [0.15, 0.2) is 9.84 Å². The molecule has 0 aliphatic heterocycles. The molecule has 1 amide bonds. The van der Waals surface area contributed by atoms with Gasteiger partial charge in [0, 0.05) is 18.4 Å². The Bertz CT molecular complexity index is 500. The van der Waals surface area contributed by atoms with Crippen LogP contribution in [0.3, 0.4) is 0 Å². The lowest BCUT2D eigenvalue weighted by atomic mass is 10.2. The number of halogens is 1. The molecule has 108 valence electrons. The number of carbonyl (C=O) groups is 1. The summed E-state index contributed by atoms with van der Waals surface area (Å²) in [4.78, 5) is 11.9. The van der Waals surface area contributed by atoms with Gasteiger partial charge in [-0.2, -0.15) is 0 Å². The van der Waals surface area contributed by atoms with Crippen LogP contribution >= 0.6 is 12.4 Å². The van der Waals surface area contributed by atoms with Gasteiger partial charge in [-0.25, -0.2) is 8.42 Å². The van der Waals surface area contributed by atoms with Gasteiger partial charge in [0.1, 0.15) is 0 Å². The molecule has 0 unspecified atom stereocenters. The van der Waals surface area contributed by atoms with E-state index in [9.17, 15) is 13.2 Å². The second-order valence-electron chi connectivity index (χ2n) is 4.01. The smallest absolute Gasteiger partial charge is 0.251 e. The van der Waals surface area contributed by atoms with Gasteiger partial charge in [-0.1, -0.05) is 0 Å². The van der Waals surface area contributed by atoms with Gasteiger partial charge < -0.3 is 10.6 Å². The van der Waals surface area contributed by atoms with Gasteiger partial charge in [0.2, 0.25) is 0 Å². The molecule has 0 saturated heterocycles. The minimum absolute atomic E-state index is 0. The second-order valence-corrected chi connectivity index (χ2v) is 6.03. The van der Waals surface area contributed by atoms with Gasteiger partial charge >= 0.3 is 0 Å². The lowest BCUT2D eigenvalue weighted by Gasteiger charge is -2.05. The van der Waals surface area contributed by atoms with Crippen LogP contribution < -0.4 is 10.6 Å². The van der Waals surface area contributed by atoms with E-state index in [2.05, 4.69) is 10.6 Å². The van der Waals surface area contributed by atoms with Crippen LogP contribution in [0.4, 0.5) is 0 Å². The highest BCUT2D eigenvalue weighted by molar-refractivity contribution is 7.90. The molecule has 7 heteroatoms. The highest BCUT2D eigenvalue weighted by Crippen LogP contribution is 2.10. The van der Waals surface area contributed by atoms with Crippen molar-refractivity contribution in [3.63, 3.8) is 0 Å². The molecule has 0 radical (unpaired) electrons. The van der Waals surface area contributed by atoms with Gasteiger partial charge in [0.05, 0.1) is 4.90 Å². The number of hydrogen-bond donors (Lipinski definition) is 2. The topological polar surface area (TPSA) is 75.3 Å². The van der Waals surface area contributed by atoms with Crippen molar-refractivity contribution in [1.82, 2.24) is 10.6 Å². The largest absolute Gasteiger partial charge is 0.352 e. The zero-order chi connectivity index (χ0) is 13.6. The maximum Gasteiger partial charge on any atom is 0.251 e. The number of carbonyl (C=O) groups excluding carboxylic acids is 1. The molecule has 0 saturated carbocycles. The number of rotatable bonds is 6. The fourth-order valence-corrected chi connectivity index (χ4v) is 2.05. The molecule has 2 N–H and O–H groups in total. The van der Waals surface area contributed by atoms with Crippen molar-refractivity contribution < 1.29 is 13.2 Å². The molecule has 0 fully saturated rings. The van der Waals surface area contributed by atoms with Crippen molar-refractivity contribution in [2.24, 2.45) is 0 Å². The highest BCUT2D eigenvalue weighted by Gasteiger charge is 2.09. The van der Waals surface area contributed by atoms with Crippen LogP contribution in [-0.4, -0.2) is 40.7 Å². The first-order valence-corrected chi connectivity index (χ1v) is 7.57. The molecule has 1 aromatic rings. The van der Waals surface area contributed by atoms with Gasteiger partial charge in [-0.3, -0.25) is 4.79 Å². The van der Waals surface area contributed by atoms with Crippen LogP contribution in [0.5, 0.6) is 0 Å². The van der Waals surface area contributed by atoms with Crippen LogP contribution in [0, 0.1) is 0 Å². The summed E-state index contributed by atoms with van der Waals surface area (Å²) >= 11 is 0. The van der Waals surface area contributed by atoms with Crippen molar-refractivity contribution in [2.45, 2.75) is 11.3 Å². The Morgan fingerprint density at radius 1 is 1.16 bits per heavy atom. The molecular weight excluding hydrogens is 288 g/mol. The number of amides is 1. The molecular formula is C12H19ClN2O3S. The lowest BCUT2D eigenvalue weighted by Crippen LogP contribution is -2.26. The molecule has 0 aliphatic rings. The molecule has 0 bridgehead atoms. The van der Waals surface area contributed by atoms with E-state index in [1.807, 2.05) is 7.05 Å². The fraction of sp³-hybridized carbons (Fsp3) is 0.417. The Balaban J connectivity index is 0.00000324. The number of benzene rings is 1. The van der Waals surface area contributed by atoms with E-state index in [0.717, 1.165) is 19.2 Å². The van der Waals surface area contributed by atoms with Crippen LogP contribution in [0.15, 0.2) is 29.2 Å². The predicted molar refractivity (Wildman–Crippen MR) is 77.7 cm³/mol. The lowest BCUT2D eigenvalue weighted by molar-refractivity contribution is 0.0953. The zero-order valence-electron chi connectivity index (χ0n) is 11.0. The molecule has 0 aliphatic carbocycles. The average Bonchev–Trinajstić information content (AvgIpc) is 2.33. The fourth-order valence-electron chi connectivity index (χ4n) is 1.42. The number of nitrogens with one attached hydrogen (secondary N) is 2. The standard InChI is InChI=1S/C12H18N2O3S.ClH/c1-13-8-3-9-14-12(15)10-4-6-11(7-5-10)18(2,16)17;/h4-7,13H,3,8-9H2,1-2H3,(H,14,15);1H. The van der Waals surface area contributed by atoms with E-state index >= 15 is 0 Å². The summed E-state index contributed by atoms with van der Waals surface area (Å²) in [6, 6.07) is 5.92. The molecule has 0 heterocycles. The highest BCUT2D eigenvalue weighted by atomic mass is 35.5. The quantitative estimate of drug-likeness (QED) is 0.764. The van der Waals surface area contributed by atoms with E-state index < -0.39 is 9.84 Å². The summed E-state index contributed by atoms with van der Waals surface area (Å²) in [7, 11) is -1.36. The van der Waals surface area contributed by atoms with Crippen LogP contribution in [-0.2, 0) is 9.84 Å². The third-order valence-corrected chi connectivity index (χ3v) is 3.56. The van der Waals surface area contributed by atoms with Crippen molar-refractivity contribution in [3.8, 4) is 0 Å². The van der Waals surface area contributed by atoms with Crippen LogP contribution in [0.1, 0.15) is 16.8 Å². The maximum absolute atomic E-state index is 11.7. The third kappa shape index (κ3) is 6.04. The summed E-state index contributed by atoms with van der Waals surface area (Å²) in [6.07, 6.45) is 1.99. The first-order chi connectivity index (χ1) is 8.45. The molecule has 19 heavy (non-hydrogen) atoms. The van der Waals surface area contributed by atoms with Crippen LogP contribution in [0.2, 0.25) is 0 Å². The Morgan fingerprint density at radius 3 is 2.21 bits per heavy atom. The minimum Gasteiger partial charge on any atom is -0.352 e. The first-order valence-electron chi connectivity index (χ1n) is 5.68. The van der Waals surface area contributed by atoms with Gasteiger partial charge in [0.25, 0.3) is 5.91 Å². The molecule has 0 aromatic heterocycles. The predicted octanol–water partition coefficient (Wildman–Crippen LogP) is 0.851. The van der Waals surface area contributed by atoms with E-state index in [4.69, 9.17) is 0 Å². The Labute approximate surface area is 120 Å². The van der Waals surface area contributed by atoms with Crippen molar-refractivity contribution >= 4 is 28.2 Å². The van der Waals surface area contributed by atoms with Crippen LogP contribution in [0.25, 0.3) is 0 Å². The number of hydrogen-bond acceptors (Lipinski definition) is 4. The van der Waals surface area contributed by atoms with E-state index in [1.54, 1.807) is 0 Å². The molecule has 5 nitrogen and oxygen atoms in total. The summed E-state index contributed by atoms with van der Waals surface area (Å²) < 4.78 is 22.5. The van der Waals surface area contributed by atoms with E-state index in [-0.39, 0.29) is 23.2 Å². The Morgan fingerprint density at radius 2 is 1.74 bits per heavy atom. The van der Waals surface area contributed by atoms with Crippen molar-refractivity contribution in [1.29, 1.82) is 0 Å². The van der Waals surface area contributed by atoms with Crippen molar-refractivity contribution in [3.05, 3.63) is 29.8 Å². The molecule has 0 atom stereocenters. The maximum atomic E-state index is 11.7. The molecule has 1 aromatic carbocycles. The van der Waals surface area contributed by atoms with Gasteiger partial charge in [-0.15, -0.1) is 12.4 Å². The average molecular weight is 307 g/mol. The van der Waals surface area contributed by atoms with Gasteiger partial charge in [-0.05, 0) is 44.3 Å². The monoisotopic (exact) mass is 306 g/mol. The number of sulfone groups is 1. The zero-order valence-corrected chi connectivity index (χ0v) is 12.6. The normalized spacial score (nSPS) is 10.6. The third-order valence-electron chi connectivity index (χ3n) is 2.43. The Kier molecular flexibility index (Phi) is 7.66. The summed E-state index contributed by atoms with van der Waals surface area (Å²) in [5.74, 6) is -0.189. The molecule has 1 rings (SSSR count). The van der Waals surface area contributed by atoms with E-state index in [0.29, 0.717) is 12.1 Å². The first kappa shape index (κ1) is 17.9.